The van der Waals surface area contributed by atoms with Crippen LogP contribution in [0.4, 0.5) is 0 Å². The number of hydrogen-bond acceptors (Lipinski definition) is 4. The number of benzene rings is 1. The Hall–Kier alpha value is -2.23. The minimum atomic E-state index is -0.349. The summed E-state index contributed by atoms with van der Waals surface area (Å²) in [6.07, 6.45) is 5.36. The predicted octanol–water partition coefficient (Wildman–Crippen LogP) is 3.74. The van der Waals surface area contributed by atoms with E-state index < -0.39 is 0 Å². The highest BCUT2D eigenvalue weighted by molar-refractivity contribution is 5.82. The first-order valence-corrected chi connectivity index (χ1v) is 7.64. The lowest BCUT2D eigenvalue weighted by atomic mass is 9.88. The summed E-state index contributed by atoms with van der Waals surface area (Å²) >= 11 is 0. The lowest BCUT2D eigenvalue weighted by Crippen LogP contribution is -2.06. The van der Waals surface area contributed by atoms with Gasteiger partial charge in [0.05, 0.1) is 21.3 Å². The molecule has 1 aliphatic rings. The minimum Gasteiger partial charge on any atom is -0.493 e. The Bertz CT molecular complexity index is 645. The van der Waals surface area contributed by atoms with E-state index in [0.29, 0.717) is 11.7 Å². The van der Waals surface area contributed by atoms with Crippen LogP contribution in [0, 0.1) is 12.8 Å². The normalized spacial score (nSPS) is 22.7. The summed E-state index contributed by atoms with van der Waals surface area (Å²) in [5, 5.41) is 0. The van der Waals surface area contributed by atoms with Gasteiger partial charge in [0.15, 0.2) is 11.5 Å². The summed E-state index contributed by atoms with van der Waals surface area (Å²) in [5.74, 6) is 1.71. The van der Waals surface area contributed by atoms with Crippen molar-refractivity contribution in [3.8, 4) is 11.5 Å². The van der Waals surface area contributed by atoms with Crippen LogP contribution >= 0.6 is 0 Å². The van der Waals surface area contributed by atoms with Gasteiger partial charge in [0.25, 0.3) is 0 Å². The average molecular weight is 316 g/mol. The number of hydrogen-bond donors (Lipinski definition) is 0. The van der Waals surface area contributed by atoms with Gasteiger partial charge in [-0.25, -0.2) is 4.79 Å². The number of ether oxygens (including phenoxy) is 3. The average Bonchev–Trinajstić information content (AvgIpc) is 2.83. The second-order valence-electron chi connectivity index (χ2n) is 5.77. The van der Waals surface area contributed by atoms with Crippen molar-refractivity contribution in [2.24, 2.45) is 5.92 Å². The van der Waals surface area contributed by atoms with Crippen molar-refractivity contribution in [3.05, 3.63) is 47.6 Å². The molecule has 1 aromatic carbocycles. The van der Waals surface area contributed by atoms with Crippen LogP contribution in [0.5, 0.6) is 11.5 Å². The first kappa shape index (κ1) is 17.1. The minimum absolute atomic E-state index is 0.102. The Morgan fingerprint density at radius 3 is 2.43 bits per heavy atom. The number of esters is 1. The van der Waals surface area contributed by atoms with Gasteiger partial charge in [-0.1, -0.05) is 19.1 Å². The Balaban J connectivity index is 2.61. The van der Waals surface area contributed by atoms with E-state index >= 15 is 0 Å². The molecule has 0 saturated carbocycles. The smallest absolute Gasteiger partial charge is 0.330 e. The molecule has 0 N–H and O–H groups in total. The third-order valence-corrected chi connectivity index (χ3v) is 4.71. The van der Waals surface area contributed by atoms with Gasteiger partial charge in [-0.05, 0) is 35.6 Å². The molecule has 0 aromatic heterocycles. The van der Waals surface area contributed by atoms with Crippen molar-refractivity contribution in [2.75, 3.05) is 21.3 Å². The molecule has 0 aliphatic heterocycles. The van der Waals surface area contributed by atoms with Gasteiger partial charge in [0.2, 0.25) is 0 Å². The van der Waals surface area contributed by atoms with Crippen molar-refractivity contribution in [1.82, 2.24) is 0 Å². The van der Waals surface area contributed by atoms with Crippen LogP contribution in [0.15, 0.2) is 30.9 Å². The Morgan fingerprint density at radius 1 is 1.22 bits per heavy atom. The van der Waals surface area contributed by atoms with E-state index in [2.05, 4.69) is 13.5 Å². The SMILES string of the molecule is C=C[C@@H]1c2c(cc(OC)c(OC)c2C)[C@H](/C=C/C(=O)OC)[C@H]1C. The summed E-state index contributed by atoms with van der Waals surface area (Å²) in [6.45, 7) is 8.19. The quantitative estimate of drug-likeness (QED) is 0.471. The second kappa shape index (κ2) is 6.90. The molecular formula is C19H24O4. The zero-order valence-electron chi connectivity index (χ0n) is 14.4. The van der Waals surface area contributed by atoms with Gasteiger partial charge in [-0.15, -0.1) is 6.58 Å². The van der Waals surface area contributed by atoms with Gasteiger partial charge < -0.3 is 14.2 Å². The third kappa shape index (κ3) is 2.85. The molecule has 124 valence electrons. The molecule has 0 spiro atoms. The molecule has 0 heterocycles. The zero-order chi connectivity index (χ0) is 17.1. The van der Waals surface area contributed by atoms with Crippen LogP contribution in [-0.4, -0.2) is 27.3 Å². The van der Waals surface area contributed by atoms with Crippen LogP contribution in [0.1, 0.15) is 35.4 Å². The molecule has 4 heteroatoms. The molecule has 0 bridgehead atoms. The molecule has 1 aromatic rings. The fraction of sp³-hybridized carbons (Fsp3) is 0.421. The largest absolute Gasteiger partial charge is 0.493 e. The highest BCUT2D eigenvalue weighted by Gasteiger charge is 2.38. The van der Waals surface area contributed by atoms with Gasteiger partial charge in [0, 0.05) is 17.9 Å². The number of rotatable bonds is 5. The number of methoxy groups -OCH3 is 3. The Kier molecular flexibility index (Phi) is 5.14. The van der Waals surface area contributed by atoms with Crippen LogP contribution < -0.4 is 9.47 Å². The third-order valence-electron chi connectivity index (χ3n) is 4.71. The van der Waals surface area contributed by atoms with E-state index in [4.69, 9.17) is 14.2 Å². The first-order chi connectivity index (χ1) is 11.0. The summed E-state index contributed by atoms with van der Waals surface area (Å²) < 4.78 is 15.7. The lowest BCUT2D eigenvalue weighted by Gasteiger charge is -2.17. The molecular weight excluding hydrogens is 292 g/mol. The van der Waals surface area contributed by atoms with Crippen LogP contribution in [0.2, 0.25) is 0 Å². The molecule has 0 radical (unpaired) electrons. The molecule has 1 aliphatic carbocycles. The molecule has 3 atom stereocenters. The van der Waals surface area contributed by atoms with Crippen molar-refractivity contribution >= 4 is 5.97 Å². The number of allylic oxidation sites excluding steroid dienone is 2. The van der Waals surface area contributed by atoms with Crippen molar-refractivity contribution in [1.29, 1.82) is 0 Å². The van der Waals surface area contributed by atoms with Crippen molar-refractivity contribution in [2.45, 2.75) is 25.7 Å². The molecule has 23 heavy (non-hydrogen) atoms. The number of carbonyl (C=O) groups is 1. The van der Waals surface area contributed by atoms with E-state index in [1.807, 2.05) is 25.1 Å². The van der Waals surface area contributed by atoms with Gasteiger partial charge >= 0.3 is 5.97 Å². The summed E-state index contributed by atoms with van der Waals surface area (Å²) in [6, 6.07) is 2.01. The van der Waals surface area contributed by atoms with Crippen LogP contribution in [0.25, 0.3) is 0 Å². The van der Waals surface area contributed by atoms with Gasteiger partial charge in [-0.3, -0.25) is 0 Å². The van der Waals surface area contributed by atoms with Crippen LogP contribution in [0.3, 0.4) is 0 Å². The Labute approximate surface area is 137 Å². The van der Waals surface area contributed by atoms with E-state index in [9.17, 15) is 4.79 Å². The molecule has 2 rings (SSSR count). The fourth-order valence-electron chi connectivity index (χ4n) is 3.56. The standard InChI is InChI=1S/C19H24O4/c1-7-13-11(2)14(8-9-17(20)22-5)15-10-16(21-4)19(23-6)12(3)18(13)15/h7-11,13-14H,1H2,2-6H3/b9-8+/t11-,13-,14+/m0/s1. The highest BCUT2D eigenvalue weighted by atomic mass is 16.5. The summed E-state index contributed by atoms with van der Waals surface area (Å²) in [5.41, 5.74) is 3.43. The van der Waals surface area contributed by atoms with E-state index in [1.165, 1.54) is 18.7 Å². The molecule has 0 amide bonds. The van der Waals surface area contributed by atoms with Gasteiger partial charge in [-0.2, -0.15) is 0 Å². The first-order valence-electron chi connectivity index (χ1n) is 7.64. The maximum atomic E-state index is 11.5. The Morgan fingerprint density at radius 2 is 1.91 bits per heavy atom. The summed E-state index contributed by atoms with van der Waals surface area (Å²) in [4.78, 5) is 11.5. The van der Waals surface area contributed by atoms with E-state index in [1.54, 1.807) is 14.2 Å². The van der Waals surface area contributed by atoms with Crippen molar-refractivity contribution in [3.63, 3.8) is 0 Å². The predicted molar refractivity (Wildman–Crippen MR) is 90.3 cm³/mol. The number of fused-ring (bicyclic) bond motifs is 1. The molecule has 0 saturated heterocycles. The monoisotopic (exact) mass is 316 g/mol. The van der Waals surface area contributed by atoms with E-state index in [-0.39, 0.29) is 17.8 Å². The van der Waals surface area contributed by atoms with Gasteiger partial charge in [0.1, 0.15) is 0 Å². The maximum Gasteiger partial charge on any atom is 0.330 e. The fourth-order valence-corrected chi connectivity index (χ4v) is 3.56. The number of carbonyl (C=O) groups excluding carboxylic acids is 1. The highest BCUT2D eigenvalue weighted by Crippen LogP contribution is 2.52. The molecule has 4 nitrogen and oxygen atoms in total. The van der Waals surface area contributed by atoms with E-state index in [0.717, 1.165) is 16.9 Å². The molecule has 0 fully saturated rings. The van der Waals surface area contributed by atoms with Crippen molar-refractivity contribution < 1.29 is 19.0 Å². The van der Waals surface area contributed by atoms with Crippen LogP contribution in [-0.2, 0) is 9.53 Å². The second-order valence-corrected chi connectivity index (χ2v) is 5.77. The summed E-state index contributed by atoms with van der Waals surface area (Å²) in [7, 11) is 4.66. The lowest BCUT2D eigenvalue weighted by molar-refractivity contribution is -0.134. The maximum absolute atomic E-state index is 11.5. The topological polar surface area (TPSA) is 44.8 Å². The molecule has 0 unspecified atom stereocenters. The zero-order valence-corrected chi connectivity index (χ0v) is 14.4.